The van der Waals surface area contributed by atoms with Crippen LogP contribution in [0.1, 0.15) is 19.2 Å². The molecule has 3 aromatic rings. The van der Waals surface area contributed by atoms with Crippen LogP contribution in [0, 0.1) is 6.92 Å². The van der Waals surface area contributed by atoms with Gasteiger partial charge in [-0.15, -0.1) is 0 Å². The second-order valence-electron chi connectivity index (χ2n) is 6.91. The van der Waals surface area contributed by atoms with E-state index in [2.05, 4.69) is 15.0 Å². The summed E-state index contributed by atoms with van der Waals surface area (Å²) >= 11 is 0. The van der Waals surface area contributed by atoms with E-state index in [1.165, 1.54) is 19.1 Å². The van der Waals surface area contributed by atoms with Gasteiger partial charge in [-0.25, -0.2) is 13.4 Å². The number of nitrogens with one attached hydrogen (secondary N) is 2. The number of fused-ring (bicyclic) bond motifs is 2. The number of carbonyl (C=O) groups excluding carboxylic acids is 1. The van der Waals surface area contributed by atoms with E-state index < -0.39 is 22.0 Å². The molecule has 2 heterocycles. The maximum atomic E-state index is 12.7. The number of hydrogen-bond acceptors (Lipinski definition) is 7. The van der Waals surface area contributed by atoms with E-state index in [0.717, 1.165) is 0 Å². The molecule has 1 aromatic heterocycles. The molecule has 0 unspecified atom stereocenters. The van der Waals surface area contributed by atoms with E-state index in [-0.39, 0.29) is 4.90 Å². The zero-order valence-corrected chi connectivity index (χ0v) is 17.3. The van der Waals surface area contributed by atoms with Crippen LogP contribution in [0.15, 0.2) is 45.7 Å². The van der Waals surface area contributed by atoms with Crippen molar-refractivity contribution in [2.24, 2.45) is 0 Å². The Balaban J connectivity index is 1.46. The normalized spacial score (nSPS) is 14.9. The van der Waals surface area contributed by atoms with Gasteiger partial charge in [0.15, 0.2) is 23.0 Å². The number of benzene rings is 2. The molecule has 0 aliphatic carbocycles. The van der Waals surface area contributed by atoms with Crippen LogP contribution in [0.5, 0.6) is 11.5 Å². The van der Waals surface area contributed by atoms with Crippen LogP contribution in [-0.4, -0.2) is 38.6 Å². The maximum absolute atomic E-state index is 12.7. The molecule has 1 aliphatic heterocycles. The fourth-order valence-electron chi connectivity index (χ4n) is 3.04. The number of ether oxygens (including phenoxy) is 2. The lowest BCUT2D eigenvalue weighted by Crippen LogP contribution is -2.41. The highest BCUT2D eigenvalue weighted by Crippen LogP contribution is 2.32. The number of amides is 1. The SMILES string of the molecule is Cc1nc2cc(NC(=O)[C@@H](C)NS(=O)(=O)c3ccc4c(c3)OCCCO4)ccc2o1. The lowest BCUT2D eigenvalue weighted by atomic mass is 10.2. The molecule has 2 N–H and O–H groups in total. The molecule has 158 valence electrons. The molecule has 30 heavy (non-hydrogen) atoms. The summed E-state index contributed by atoms with van der Waals surface area (Å²) in [6.45, 7) is 4.15. The predicted molar refractivity (Wildman–Crippen MR) is 109 cm³/mol. The third-order valence-electron chi connectivity index (χ3n) is 4.52. The first-order valence-corrected chi connectivity index (χ1v) is 10.9. The lowest BCUT2D eigenvalue weighted by Gasteiger charge is -2.15. The topological polar surface area (TPSA) is 120 Å². The largest absolute Gasteiger partial charge is 0.490 e. The molecule has 0 saturated carbocycles. The molecule has 9 nitrogen and oxygen atoms in total. The van der Waals surface area contributed by atoms with Crippen molar-refractivity contribution in [2.75, 3.05) is 18.5 Å². The number of hydrogen-bond donors (Lipinski definition) is 2. The number of aromatic nitrogens is 1. The second kappa shape index (κ2) is 7.96. The summed E-state index contributed by atoms with van der Waals surface area (Å²) in [6.07, 6.45) is 0.714. The molecule has 1 aliphatic rings. The van der Waals surface area contributed by atoms with E-state index >= 15 is 0 Å². The van der Waals surface area contributed by atoms with Crippen molar-refractivity contribution < 1.29 is 27.1 Å². The van der Waals surface area contributed by atoms with Gasteiger partial charge in [0.05, 0.1) is 24.2 Å². The van der Waals surface area contributed by atoms with E-state index in [4.69, 9.17) is 13.9 Å². The van der Waals surface area contributed by atoms with Crippen LogP contribution in [0.2, 0.25) is 0 Å². The lowest BCUT2D eigenvalue weighted by molar-refractivity contribution is -0.117. The highest BCUT2D eigenvalue weighted by Gasteiger charge is 2.24. The third-order valence-corrected chi connectivity index (χ3v) is 6.05. The Hall–Kier alpha value is -3.11. The van der Waals surface area contributed by atoms with Crippen molar-refractivity contribution in [3.63, 3.8) is 0 Å². The Kier molecular flexibility index (Phi) is 5.35. The van der Waals surface area contributed by atoms with Gasteiger partial charge < -0.3 is 19.2 Å². The number of rotatable bonds is 5. The predicted octanol–water partition coefficient (Wildman–Crippen LogP) is 2.60. The summed E-state index contributed by atoms with van der Waals surface area (Å²) in [6, 6.07) is 8.37. The number of carbonyl (C=O) groups is 1. The molecule has 0 fully saturated rings. The Morgan fingerprint density at radius 1 is 1.10 bits per heavy atom. The molecule has 4 rings (SSSR count). The highest BCUT2D eigenvalue weighted by molar-refractivity contribution is 7.89. The summed E-state index contributed by atoms with van der Waals surface area (Å²) < 4.78 is 44.3. The number of nitrogens with zero attached hydrogens (tertiary/aromatic N) is 1. The molecule has 0 bridgehead atoms. The first-order valence-electron chi connectivity index (χ1n) is 9.42. The number of aryl methyl sites for hydroxylation is 1. The summed E-state index contributed by atoms with van der Waals surface area (Å²) in [4.78, 5) is 16.7. The Bertz CT molecular complexity index is 1200. The standard InChI is InChI=1S/C20H21N3O6S/c1-12(20(24)22-14-4-6-17-16(10-14)21-13(2)29-17)23-30(25,26)15-5-7-18-19(11-15)28-9-3-8-27-18/h4-7,10-12,23H,3,8-9H2,1-2H3,(H,22,24)/t12-/m1/s1. The Labute approximate surface area is 173 Å². The highest BCUT2D eigenvalue weighted by atomic mass is 32.2. The summed E-state index contributed by atoms with van der Waals surface area (Å²) in [7, 11) is -3.95. The molecule has 10 heteroatoms. The zero-order chi connectivity index (χ0) is 21.3. The molecular formula is C20H21N3O6S. The first-order chi connectivity index (χ1) is 14.3. The van der Waals surface area contributed by atoms with Gasteiger partial charge in [-0.2, -0.15) is 4.72 Å². The van der Waals surface area contributed by atoms with Crippen molar-refractivity contribution in [1.29, 1.82) is 0 Å². The minimum Gasteiger partial charge on any atom is -0.490 e. The maximum Gasteiger partial charge on any atom is 0.242 e. The van der Waals surface area contributed by atoms with Gasteiger partial charge in [0.1, 0.15) is 5.52 Å². The smallest absolute Gasteiger partial charge is 0.242 e. The monoisotopic (exact) mass is 431 g/mol. The van der Waals surface area contributed by atoms with Gasteiger partial charge in [0.25, 0.3) is 0 Å². The van der Waals surface area contributed by atoms with Crippen LogP contribution in [0.4, 0.5) is 5.69 Å². The van der Waals surface area contributed by atoms with Gasteiger partial charge in [-0.3, -0.25) is 4.79 Å². The Morgan fingerprint density at radius 3 is 2.67 bits per heavy atom. The number of sulfonamides is 1. The van der Waals surface area contributed by atoms with Gasteiger partial charge in [0.2, 0.25) is 15.9 Å². The van der Waals surface area contributed by atoms with Gasteiger partial charge in [-0.05, 0) is 37.3 Å². The van der Waals surface area contributed by atoms with Crippen LogP contribution in [0.25, 0.3) is 11.1 Å². The van der Waals surface area contributed by atoms with Crippen molar-refractivity contribution >= 4 is 32.7 Å². The van der Waals surface area contributed by atoms with Crippen molar-refractivity contribution in [2.45, 2.75) is 31.2 Å². The van der Waals surface area contributed by atoms with Crippen LogP contribution < -0.4 is 19.5 Å². The third kappa shape index (κ3) is 4.24. The van der Waals surface area contributed by atoms with E-state index in [1.807, 2.05) is 0 Å². The summed E-state index contributed by atoms with van der Waals surface area (Å²) in [5.74, 6) is 0.872. The fourth-order valence-corrected chi connectivity index (χ4v) is 4.25. The van der Waals surface area contributed by atoms with Crippen molar-refractivity contribution in [1.82, 2.24) is 9.71 Å². The molecule has 2 aromatic carbocycles. The fraction of sp³-hybridized carbons (Fsp3) is 0.300. The first kappa shape index (κ1) is 20.2. The van der Waals surface area contributed by atoms with Gasteiger partial charge in [-0.1, -0.05) is 0 Å². The van der Waals surface area contributed by atoms with Crippen LogP contribution >= 0.6 is 0 Å². The molecule has 0 radical (unpaired) electrons. The second-order valence-corrected chi connectivity index (χ2v) is 8.62. The molecule has 0 saturated heterocycles. The van der Waals surface area contributed by atoms with E-state index in [0.29, 0.717) is 53.8 Å². The van der Waals surface area contributed by atoms with Crippen LogP contribution in [-0.2, 0) is 14.8 Å². The minimum absolute atomic E-state index is 0.00843. The molecular weight excluding hydrogens is 410 g/mol. The average molecular weight is 431 g/mol. The van der Waals surface area contributed by atoms with E-state index in [1.54, 1.807) is 31.2 Å². The minimum atomic E-state index is -3.95. The number of oxazole rings is 1. The quantitative estimate of drug-likeness (QED) is 0.637. The molecule has 0 spiro atoms. The molecule has 1 atom stereocenters. The van der Waals surface area contributed by atoms with Crippen molar-refractivity contribution in [3.05, 3.63) is 42.3 Å². The van der Waals surface area contributed by atoms with Crippen molar-refractivity contribution in [3.8, 4) is 11.5 Å². The zero-order valence-electron chi connectivity index (χ0n) is 16.5. The average Bonchev–Trinajstić information content (AvgIpc) is 2.91. The van der Waals surface area contributed by atoms with Crippen LogP contribution in [0.3, 0.4) is 0 Å². The summed E-state index contributed by atoms with van der Waals surface area (Å²) in [5, 5.41) is 2.68. The summed E-state index contributed by atoms with van der Waals surface area (Å²) in [5.41, 5.74) is 1.70. The van der Waals surface area contributed by atoms with Gasteiger partial charge in [0, 0.05) is 25.1 Å². The molecule has 1 amide bonds. The number of anilines is 1. The van der Waals surface area contributed by atoms with E-state index in [9.17, 15) is 13.2 Å². The Morgan fingerprint density at radius 2 is 1.87 bits per heavy atom. The van der Waals surface area contributed by atoms with Gasteiger partial charge >= 0.3 is 0 Å².